The molecule has 154 valence electrons. The molecule has 0 spiro atoms. The van der Waals surface area contributed by atoms with E-state index in [-0.39, 0.29) is 0 Å². The number of hydrogen-bond acceptors (Lipinski definition) is 5. The van der Waals surface area contributed by atoms with Crippen LogP contribution >= 0.6 is 11.3 Å². The van der Waals surface area contributed by atoms with Crippen molar-refractivity contribution in [3.05, 3.63) is 34.0 Å². The summed E-state index contributed by atoms with van der Waals surface area (Å²) >= 11 is 1.81. The molecule has 1 aliphatic rings. The molecule has 28 heavy (non-hydrogen) atoms. The molecule has 1 saturated heterocycles. The van der Waals surface area contributed by atoms with E-state index in [0.717, 1.165) is 56.8 Å². The maximum atomic E-state index is 4.89. The number of nitrogens with zero attached hydrogens (tertiary/aromatic N) is 6. The Morgan fingerprint density at radius 3 is 2.64 bits per heavy atom. The summed E-state index contributed by atoms with van der Waals surface area (Å²) in [6.07, 6.45) is 1.02. The van der Waals surface area contributed by atoms with Crippen LogP contribution in [0.15, 0.2) is 22.5 Å². The standard InChI is InChI=1S/C20H33N7S/c1-16(2)15-26-9-11-27(12-10-26)20(21-8-7-18-6-5-13-28-18)22-14-19-24-23-17(3)25(19)4/h5-6,13,16H,7-12,14-15H2,1-4H3,(H,21,22). The Balaban J connectivity index is 1.62. The van der Waals surface area contributed by atoms with Gasteiger partial charge in [-0.15, -0.1) is 21.5 Å². The number of aryl methyl sites for hydroxylation is 1. The third-order valence-electron chi connectivity index (χ3n) is 5.08. The second kappa shape index (κ2) is 10.0. The van der Waals surface area contributed by atoms with E-state index in [9.17, 15) is 0 Å². The van der Waals surface area contributed by atoms with Crippen LogP contribution in [-0.2, 0) is 20.0 Å². The molecule has 2 aromatic heterocycles. The van der Waals surface area contributed by atoms with Gasteiger partial charge in [-0.2, -0.15) is 0 Å². The Labute approximate surface area is 172 Å². The molecule has 0 aliphatic carbocycles. The zero-order chi connectivity index (χ0) is 19.9. The predicted molar refractivity (Wildman–Crippen MR) is 116 cm³/mol. The van der Waals surface area contributed by atoms with Crippen molar-refractivity contribution in [1.29, 1.82) is 0 Å². The highest BCUT2D eigenvalue weighted by atomic mass is 32.1. The van der Waals surface area contributed by atoms with Crippen molar-refractivity contribution in [2.24, 2.45) is 18.0 Å². The first-order chi connectivity index (χ1) is 13.5. The maximum Gasteiger partial charge on any atom is 0.194 e. The van der Waals surface area contributed by atoms with Crippen molar-refractivity contribution in [2.45, 2.75) is 33.7 Å². The van der Waals surface area contributed by atoms with E-state index in [1.54, 1.807) is 0 Å². The van der Waals surface area contributed by atoms with Crippen LogP contribution in [0.2, 0.25) is 0 Å². The van der Waals surface area contributed by atoms with Gasteiger partial charge in [0.15, 0.2) is 11.8 Å². The zero-order valence-corrected chi connectivity index (χ0v) is 18.4. The molecule has 3 rings (SSSR count). The molecule has 2 aromatic rings. The van der Waals surface area contributed by atoms with Crippen LogP contribution in [0.1, 0.15) is 30.4 Å². The number of aromatic nitrogens is 3. The lowest BCUT2D eigenvalue weighted by Gasteiger charge is -2.37. The smallest absolute Gasteiger partial charge is 0.194 e. The molecule has 0 unspecified atom stereocenters. The molecule has 0 atom stereocenters. The lowest BCUT2D eigenvalue weighted by atomic mass is 10.2. The summed E-state index contributed by atoms with van der Waals surface area (Å²) in [6.45, 7) is 13.3. The van der Waals surface area contributed by atoms with Crippen molar-refractivity contribution in [2.75, 3.05) is 39.3 Å². The molecule has 1 N–H and O–H groups in total. The van der Waals surface area contributed by atoms with Crippen LogP contribution in [0.5, 0.6) is 0 Å². The summed E-state index contributed by atoms with van der Waals surface area (Å²) in [5.74, 6) is 3.51. The average molecular weight is 404 g/mol. The number of rotatable bonds is 7. The van der Waals surface area contributed by atoms with Crippen molar-refractivity contribution in [3.63, 3.8) is 0 Å². The minimum Gasteiger partial charge on any atom is -0.356 e. The third kappa shape index (κ3) is 5.78. The Morgan fingerprint density at radius 2 is 2.04 bits per heavy atom. The molecule has 1 aliphatic heterocycles. The van der Waals surface area contributed by atoms with Gasteiger partial charge in [-0.1, -0.05) is 19.9 Å². The quantitative estimate of drug-likeness (QED) is 0.567. The van der Waals surface area contributed by atoms with Gasteiger partial charge in [0.05, 0.1) is 0 Å². The van der Waals surface area contributed by atoms with Gasteiger partial charge in [-0.05, 0) is 30.7 Å². The van der Waals surface area contributed by atoms with Gasteiger partial charge in [0, 0.05) is 51.2 Å². The van der Waals surface area contributed by atoms with Crippen LogP contribution in [0.3, 0.4) is 0 Å². The number of guanidine groups is 1. The summed E-state index contributed by atoms with van der Waals surface area (Å²) in [6, 6.07) is 4.30. The molecule has 3 heterocycles. The number of nitrogens with one attached hydrogen (secondary N) is 1. The van der Waals surface area contributed by atoms with Crippen LogP contribution in [0.25, 0.3) is 0 Å². The topological polar surface area (TPSA) is 61.6 Å². The molecule has 8 heteroatoms. The summed E-state index contributed by atoms with van der Waals surface area (Å²) in [4.78, 5) is 11.2. The third-order valence-corrected chi connectivity index (χ3v) is 6.02. The molecular formula is C20H33N7S. The van der Waals surface area contributed by atoms with Gasteiger partial charge in [0.1, 0.15) is 12.4 Å². The van der Waals surface area contributed by atoms with Gasteiger partial charge >= 0.3 is 0 Å². The molecular weight excluding hydrogens is 370 g/mol. The zero-order valence-electron chi connectivity index (χ0n) is 17.6. The minimum atomic E-state index is 0.547. The molecule has 0 radical (unpaired) electrons. The Bertz CT molecular complexity index is 743. The fourth-order valence-electron chi connectivity index (χ4n) is 3.41. The molecule has 0 amide bonds. The lowest BCUT2D eigenvalue weighted by Crippen LogP contribution is -2.53. The second-order valence-corrected chi connectivity index (χ2v) is 8.83. The molecule has 1 fully saturated rings. The fourth-order valence-corrected chi connectivity index (χ4v) is 4.12. The van der Waals surface area contributed by atoms with E-state index in [1.165, 1.54) is 11.4 Å². The summed E-state index contributed by atoms with van der Waals surface area (Å²) in [7, 11) is 1.99. The van der Waals surface area contributed by atoms with Crippen molar-refractivity contribution in [1.82, 2.24) is 29.9 Å². The van der Waals surface area contributed by atoms with E-state index >= 15 is 0 Å². The molecule has 0 bridgehead atoms. The number of aliphatic imine (C=N–C) groups is 1. The van der Waals surface area contributed by atoms with Crippen LogP contribution in [0, 0.1) is 12.8 Å². The second-order valence-electron chi connectivity index (χ2n) is 7.80. The fraction of sp³-hybridized carbons (Fsp3) is 0.650. The van der Waals surface area contributed by atoms with E-state index in [4.69, 9.17) is 4.99 Å². The normalized spacial score (nSPS) is 16.2. The van der Waals surface area contributed by atoms with Gasteiger partial charge in [-0.25, -0.2) is 4.99 Å². The van der Waals surface area contributed by atoms with Crippen molar-refractivity contribution >= 4 is 17.3 Å². The van der Waals surface area contributed by atoms with E-state index in [2.05, 4.69) is 56.7 Å². The highest BCUT2D eigenvalue weighted by Crippen LogP contribution is 2.09. The highest BCUT2D eigenvalue weighted by molar-refractivity contribution is 7.09. The predicted octanol–water partition coefficient (Wildman–Crippen LogP) is 2.15. The first-order valence-corrected chi connectivity index (χ1v) is 11.0. The SMILES string of the molecule is Cc1nnc(CN=C(NCCc2cccs2)N2CCN(CC(C)C)CC2)n1C. The van der Waals surface area contributed by atoms with Gasteiger partial charge in [0.25, 0.3) is 0 Å². The minimum absolute atomic E-state index is 0.547. The van der Waals surface area contributed by atoms with E-state index in [1.807, 2.05) is 29.9 Å². The Morgan fingerprint density at radius 1 is 1.25 bits per heavy atom. The largest absolute Gasteiger partial charge is 0.356 e. The first-order valence-electron chi connectivity index (χ1n) is 10.2. The van der Waals surface area contributed by atoms with Crippen LogP contribution in [-0.4, -0.2) is 69.8 Å². The van der Waals surface area contributed by atoms with Gasteiger partial charge in [0.2, 0.25) is 0 Å². The molecule has 0 saturated carbocycles. The number of thiophene rings is 1. The summed E-state index contributed by atoms with van der Waals surface area (Å²) < 4.78 is 2.01. The number of hydrogen-bond donors (Lipinski definition) is 1. The average Bonchev–Trinajstić information content (AvgIpc) is 3.30. The monoisotopic (exact) mass is 403 g/mol. The van der Waals surface area contributed by atoms with Crippen LogP contribution < -0.4 is 5.32 Å². The highest BCUT2D eigenvalue weighted by Gasteiger charge is 2.20. The van der Waals surface area contributed by atoms with Gasteiger partial charge < -0.3 is 14.8 Å². The maximum absolute atomic E-state index is 4.89. The Kier molecular flexibility index (Phi) is 7.44. The first kappa shape index (κ1) is 20.8. The molecule has 7 nitrogen and oxygen atoms in total. The Hall–Kier alpha value is -1.93. The summed E-state index contributed by atoms with van der Waals surface area (Å²) in [5.41, 5.74) is 0. The van der Waals surface area contributed by atoms with Crippen LogP contribution in [0.4, 0.5) is 0 Å². The van der Waals surface area contributed by atoms with Gasteiger partial charge in [-0.3, -0.25) is 4.90 Å². The lowest BCUT2D eigenvalue weighted by molar-refractivity contribution is 0.164. The van der Waals surface area contributed by atoms with E-state index < -0.39 is 0 Å². The van der Waals surface area contributed by atoms with Crippen molar-refractivity contribution in [3.8, 4) is 0 Å². The summed E-state index contributed by atoms with van der Waals surface area (Å²) in [5, 5.41) is 14.1. The number of piperazine rings is 1. The van der Waals surface area contributed by atoms with E-state index in [0.29, 0.717) is 12.5 Å². The molecule has 0 aromatic carbocycles. The van der Waals surface area contributed by atoms with Crippen molar-refractivity contribution < 1.29 is 0 Å².